The van der Waals surface area contributed by atoms with Gasteiger partial charge in [0.2, 0.25) is 21.8 Å². The van der Waals surface area contributed by atoms with Gasteiger partial charge in [-0.1, -0.05) is 6.07 Å². The van der Waals surface area contributed by atoms with Gasteiger partial charge in [-0.15, -0.1) is 0 Å². The highest BCUT2D eigenvalue weighted by atomic mass is 32.2. The summed E-state index contributed by atoms with van der Waals surface area (Å²) in [4.78, 5) is 28.5. The number of piperidine rings is 1. The molecule has 2 aromatic rings. The highest BCUT2D eigenvalue weighted by Gasteiger charge is 2.33. The lowest BCUT2D eigenvalue weighted by Crippen LogP contribution is -2.45. The average Bonchev–Trinajstić information content (AvgIpc) is 2.78. The Morgan fingerprint density at radius 3 is 2.61 bits per heavy atom. The smallest absolute Gasteiger partial charge is 0.243 e. The van der Waals surface area contributed by atoms with Crippen LogP contribution in [0.3, 0.4) is 0 Å². The molecule has 0 unspecified atom stereocenters. The third kappa shape index (κ3) is 6.31. The molecular formula is C21H25FN4O4S. The van der Waals surface area contributed by atoms with Crippen LogP contribution in [0.15, 0.2) is 53.6 Å². The largest absolute Gasteiger partial charge is 0.355 e. The van der Waals surface area contributed by atoms with Gasteiger partial charge in [-0.3, -0.25) is 14.6 Å². The van der Waals surface area contributed by atoms with E-state index >= 15 is 0 Å². The van der Waals surface area contributed by atoms with Gasteiger partial charge in [0.1, 0.15) is 5.82 Å². The maximum atomic E-state index is 13.1. The summed E-state index contributed by atoms with van der Waals surface area (Å²) in [5.41, 5.74) is 0.740. The van der Waals surface area contributed by atoms with E-state index in [0.29, 0.717) is 25.9 Å². The zero-order valence-corrected chi connectivity index (χ0v) is 17.8. The fourth-order valence-corrected chi connectivity index (χ4v) is 4.88. The number of carbonyl (C=O) groups is 2. The summed E-state index contributed by atoms with van der Waals surface area (Å²) in [6, 6.07) is 10.1. The van der Waals surface area contributed by atoms with Crippen molar-refractivity contribution in [2.75, 3.05) is 19.6 Å². The van der Waals surface area contributed by atoms with Crippen LogP contribution in [0.5, 0.6) is 0 Å². The van der Waals surface area contributed by atoms with Crippen LogP contribution in [-0.4, -0.2) is 49.2 Å². The van der Waals surface area contributed by atoms with Gasteiger partial charge < -0.3 is 10.6 Å². The summed E-state index contributed by atoms with van der Waals surface area (Å²) in [6.07, 6.45) is 2.87. The Hall–Kier alpha value is -2.85. The number of hydrogen-bond acceptors (Lipinski definition) is 5. The van der Waals surface area contributed by atoms with Gasteiger partial charge in [0.15, 0.2) is 0 Å². The number of halogens is 1. The maximum absolute atomic E-state index is 13.1. The Balaban J connectivity index is 1.46. The van der Waals surface area contributed by atoms with Crippen molar-refractivity contribution >= 4 is 21.8 Å². The number of benzene rings is 1. The molecule has 3 rings (SSSR count). The number of rotatable bonds is 8. The highest BCUT2D eigenvalue weighted by molar-refractivity contribution is 7.89. The molecule has 1 fully saturated rings. The van der Waals surface area contributed by atoms with Crippen molar-refractivity contribution in [2.24, 2.45) is 5.92 Å². The molecule has 2 N–H and O–H groups in total. The van der Waals surface area contributed by atoms with Gasteiger partial charge in [-0.2, -0.15) is 4.31 Å². The summed E-state index contributed by atoms with van der Waals surface area (Å²) in [5.74, 6) is -1.51. The second-order valence-corrected chi connectivity index (χ2v) is 9.23. The fraction of sp³-hybridized carbons (Fsp3) is 0.381. The number of nitrogens with zero attached hydrogens (tertiary/aromatic N) is 2. The minimum atomic E-state index is -3.80. The van der Waals surface area contributed by atoms with E-state index in [1.165, 1.54) is 16.4 Å². The molecule has 0 spiro atoms. The first-order valence-electron chi connectivity index (χ1n) is 10.1. The van der Waals surface area contributed by atoms with Gasteiger partial charge in [0, 0.05) is 32.3 Å². The maximum Gasteiger partial charge on any atom is 0.243 e. The molecule has 2 amide bonds. The molecule has 0 aliphatic carbocycles. The summed E-state index contributed by atoms with van der Waals surface area (Å²) >= 11 is 0. The first kappa shape index (κ1) is 22.8. The van der Waals surface area contributed by atoms with Crippen LogP contribution in [0.25, 0.3) is 0 Å². The van der Waals surface area contributed by atoms with E-state index < -0.39 is 21.8 Å². The standard InChI is InChI=1S/C21H25FN4O4S/c22-17-6-8-19(9-7-17)31(29,30)26-13-3-4-16(15-26)21(28)24-12-10-20(27)25-14-18-5-1-2-11-23-18/h1-2,5-9,11,16H,3-4,10,12-15H2,(H,24,28)(H,25,27)/t16-/m1/s1. The van der Waals surface area contributed by atoms with Crippen molar-refractivity contribution in [3.8, 4) is 0 Å². The van der Waals surface area contributed by atoms with E-state index in [2.05, 4.69) is 15.6 Å². The number of sulfonamides is 1. The van der Waals surface area contributed by atoms with E-state index in [9.17, 15) is 22.4 Å². The lowest BCUT2D eigenvalue weighted by Gasteiger charge is -2.31. The van der Waals surface area contributed by atoms with Crippen LogP contribution in [0.1, 0.15) is 25.0 Å². The number of amides is 2. The molecule has 1 saturated heterocycles. The minimum Gasteiger partial charge on any atom is -0.355 e. The number of aromatic nitrogens is 1. The monoisotopic (exact) mass is 448 g/mol. The second-order valence-electron chi connectivity index (χ2n) is 7.29. The van der Waals surface area contributed by atoms with Crippen LogP contribution in [0, 0.1) is 11.7 Å². The third-order valence-electron chi connectivity index (χ3n) is 5.05. The van der Waals surface area contributed by atoms with E-state index in [1.807, 2.05) is 6.07 Å². The number of hydrogen-bond donors (Lipinski definition) is 2. The van der Waals surface area contributed by atoms with Gasteiger partial charge in [-0.05, 0) is 49.2 Å². The molecular weight excluding hydrogens is 423 g/mol. The summed E-state index contributed by atoms with van der Waals surface area (Å²) in [6.45, 7) is 0.831. The van der Waals surface area contributed by atoms with Crippen molar-refractivity contribution in [1.82, 2.24) is 19.9 Å². The summed E-state index contributed by atoms with van der Waals surface area (Å²) < 4.78 is 39.9. The molecule has 0 radical (unpaired) electrons. The Kier molecular flexibility index (Phi) is 7.69. The van der Waals surface area contributed by atoms with E-state index in [1.54, 1.807) is 18.3 Å². The van der Waals surface area contributed by atoms with Crippen molar-refractivity contribution in [2.45, 2.75) is 30.7 Å². The number of nitrogens with one attached hydrogen (secondary N) is 2. The van der Waals surface area contributed by atoms with Crippen LogP contribution in [0.4, 0.5) is 4.39 Å². The zero-order chi connectivity index (χ0) is 22.3. The van der Waals surface area contributed by atoms with Crippen LogP contribution >= 0.6 is 0 Å². The van der Waals surface area contributed by atoms with Crippen LogP contribution in [0.2, 0.25) is 0 Å². The van der Waals surface area contributed by atoms with Crippen molar-refractivity contribution < 1.29 is 22.4 Å². The van der Waals surface area contributed by atoms with Crippen molar-refractivity contribution in [3.05, 3.63) is 60.2 Å². The number of pyridine rings is 1. The fourth-order valence-electron chi connectivity index (χ4n) is 3.35. The molecule has 31 heavy (non-hydrogen) atoms. The molecule has 1 aromatic carbocycles. The molecule has 166 valence electrons. The predicted octanol–water partition coefficient (Wildman–Crippen LogP) is 1.44. The van der Waals surface area contributed by atoms with Gasteiger partial charge in [-0.25, -0.2) is 12.8 Å². The van der Waals surface area contributed by atoms with E-state index in [0.717, 1.165) is 17.8 Å². The molecule has 1 aliphatic heterocycles. The Morgan fingerprint density at radius 1 is 1.13 bits per heavy atom. The lowest BCUT2D eigenvalue weighted by atomic mass is 9.99. The molecule has 1 atom stereocenters. The Bertz CT molecular complexity index is 1000. The predicted molar refractivity (Wildman–Crippen MR) is 112 cm³/mol. The Morgan fingerprint density at radius 2 is 1.90 bits per heavy atom. The minimum absolute atomic E-state index is 0.000430. The topological polar surface area (TPSA) is 108 Å². The van der Waals surface area contributed by atoms with Gasteiger partial charge in [0.05, 0.1) is 23.1 Å². The van der Waals surface area contributed by atoms with Crippen LogP contribution < -0.4 is 10.6 Å². The molecule has 1 aliphatic rings. The normalized spacial score (nSPS) is 17.1. The second kappa shape index (κ2) is 10.5. The quantitative estimate of drug-likeness (QED) is 0.635. The van der Waals surface area contributed by atoms with Crippen LogP contribution in [-0.2, 0) is 26.2 Å². The lowest BCUT2D eigenvalue weighted by molar-refractivity contribution is -0.126. The van der Waals surface area contributed by atoms with Crippen molar-refractivity contribution in [3.63, 3.8) is 0 Å². The molecule has 10 heteroatoms. The SMILES string of the molecule is O=C(CCNC(=O)[C@@H]1CCCN(S(=O)(=O)c2ccc(F)cc2)C1)NCc1ccccn1. The molecule has 1 aromatic heterocycles. The van der Waals surface area contributed by atoms with Crippen molar-refractivity contribution in [1.29, 1.82) is 0 Å². The molecule has 0 bridgehead atoms. The summed E-state index contributed by atoms with van der Waals surface area (Å²) in [7, 11) is -3.80. The Labute approximate surface area is 180 Å². The summed E-state index contributed by atoms with van der Waals surface area (Å²) in [5, 5.41) is 5.45. The first-order valence-corrected chi connectivity index (χ1v) is 11.5. The van der Waals surface area contributed by atoms with E-state index in [-0.39, 0.29) is 36.2 Å². The van der Waals surface area contributed by atoms with Gasteiger partial charge >= 0.3 is 0 Å². The average molecular weight is 449 g/mol. The van der Waals surface area contributed by atoms with E-state index in [4.69, 9.17) is 0 Å². The molecule has 8 nitrogen and oxygen atoms in total. The molecule has 0 saturated carbocycles. The van der Waals surface area contributed by atoms with Gasteiger partial charge in [0.25, 0.3) is 0 Å². The first-order chi connectivity index (χ1) is 14.9. The zero-order valence-electron chi connectivity index (χ0n) is 17.0. The highest BCUT2D eigenvalue weighted by Crippen LogP contribution is 2.24. The molecule has 2 heterocycles. The number of carbonyl (C=O) groups excluding carboxylic acids is 2. The third-order valence-corrected chi connectivity index (χ3v) is 6.93.